The maximum Gasteiger partial charge on any atom is 0.273 e. The fraction of sp³-hybridized carbons (Fsp3) is 0. The molecule has 94 valence electrons. The Bertz CT molecular complexity index is 765. The minimum Gasteiger partial charge on any atom is -0.436 e. The molecule has 3 aromatic rings. The van der Waals surface area contributed by atoms with E-state index in [-0.39, 0.29) is 11.5 Å². The van der Waals surface area contributed by atoms with Crippen molar-refractivity contribution in [1.29, 1.82) is 0 Å². The Labute approximate surface area is 106 Å². The van der Waals surface area contributed by atoms with Crippen molar-refractivity contribution >= 4 is 16.8 Å². The van der Waals surface area contributed by atoms with Gasteiger partial charge in [0.15, 0.2) is 5.58 Å². The zero-order chi connectivity index (χ0) is 13.4. The quantitative estimate of drug-likeness (QED) is 0.520. The number of aromatic nitrogens is 1. The van der Waals surface area contributed by atoms with E-state index in [1.165, 1.54) is 42.5 Å². The first-order chi connectivity index (χ1) is 9.13. The number of rotatable bonds is 2. The van der Waals surface area contributed by atoms with Gasteiger partial charge in [-0.15, -0.1) is 0 Å². The third-order valence-corrected chi connectivity index (χ3v) is 2.67. The lowest BCUT2D eigenvalue weighted by atomic mass is 10.2. The van der Waals surface area contributed by atoms with Crippen LogP contribution in [0.3, 0.4) is 0 Å². The van der Waals surface area contributed by atoms with E-state index in [1.807, 2.05) is 0 Å². The summed E-state index contributed by atoms with van der Waals surface area (Å²) in [5.41, 5.74) is 1.40. The molecule has 0 aliphatic rings. The molecule has 1 heterocycles. The Balaban J connectivity index is 2.11. The van der Waals surface area contributed by atoms with E-state index in [2.05, 4.69) is 4.98 Å². The molecule has 0 fully saturated rings. The Morgan fingerprint density at radius 1 is 1.16 bits per heavy atom. The van der Waals surface area contributed by atoms with Crippen LogP contribution >= 0.6 is 0 Å². The van der Waals surface area contributed by atoms with Crippen LogP contribution in [0.2, 0.25) is 0 Å². The van der Waals surface area contributed by atoms with E-state index < -0.39 is 4.92 Å². The summed E-state index contributed by atoms with van der Waals surface area (Å²) in [7, 11) is 0. The average Bonchev–Trinajstić information content (AvgIpc) is 2.82. The molecule has 0 saturated carbocycles. The van der Waals surface area contributed by atoms with Crippen LogP contribution in [0.1, 0.15) is 0 Å². The molecule has 2 aromatic carbocycles. The van der Waals surface area contributed by atoms with Crippen LogP contribution in [0.5, 0.6) is 0 Å². The molecule has 0 unspecified atom stereocenters. The van der Waals surface area contributed by atoms with E-state index in [9.17, 15) is 14.5 Å². The van der Waals surface area contributed by atoms with Crippen molar-refractivity contribution < 1.29 is 13.7 Å². The van der Waals surface area contributed by atoms with Crippen molar-refractivity contribution in [1.82, 2.24) is 4.98 Å². The molecule has 0 radical (unpaired) electrons. The molecule has 1 aromatic heterocycles. The molecule has 0 bridgehead atoms. The van der Waals surface area contributed by atoms with Crippen LogP contribution in [0.25, 0.3) is 22.6 Å². The van der Waals surface area contributed by atoms with Gasteiger partial charge in [0.25, 0.3) is 5.69 Å². The van der Waals surface area contributed by atoms with Gasteiger partial charge in [-0.2, -0.15) is 0 Å². The standard InChI is InChI=1S/C13H7FN2O3/c14-9-3-1-8(2-4-9)13-15-11-6-5-10(16(17)18)7-12(11)19-13/h1-7H. The molecule has 0 amide bonds. The van der Waals surface area contributed by atoms with Crippen LogP contribution in [-0.2, 0) is 0 Å². The molecule has 0 aliphatic heterocycles. The van der Waals surface area contributed by atoms with E-state index >= 15 is 0 Å². The molecule has 0 aliphatic carbocycles. The number of halogens is 1. The molecule has 0 atom stereocenters. The smallest absolute Gasteiger partial charge is 0.273 e. The highest BCUT2D eigenvalue weighted by molar-refractivity contribution is 5.78. The van der Waals surface area contributed by atoms with Gasteiger partial charge < -0.3 is 4.42 Å². The van der Waals surface area contributed by atoms with Crippen molar-refractivity contribution in [2.45, 2.75) is 0 Å². The summed E-state index contributed by atoms with van der Waals surface area (Å²) in [5, 5.41) is 10.7. The van der Waals surface area contributed by atoms with Crippen LogP contribution in [0.15, 0.2) is 46.9 Å². The second-order valence-corrected chi connectivity index (χ2v) is 3.94. The van der Waals surface area contributed by atoms with Crippen LogP contribution in [0.4, 0.5) is 10.1 Å². The Morgan fingerprint density at radius 3 is 2.58 bits per heavy atom. The first-order valence-electron chi connectivity index (χ1n) is 5.44. The van der Waals surface area contributed by atoms with E-state index in [0.29, 0.717) is 22.6 Å². The predicted molar refractivity (Wildman–Crippen MR) is 66.1 cm³/mol. The molecule has 0 saturated heterocycles. The molecule has 0 spiro atoms. The lowest BCUT2D eigenvalue weighted by molar-refractivity contribution is -0.384. The Kier molecular flexibility index (Phi) is 2.49. The average molecular weight is 258 g/mol. The van der Waals surface area contributed by atoms with Gasteiger partial charge >= 0.3 is 0 Å². The van der Waals surface area contributed by atoms with Crippen molar-refractivity contribution in [3.05, 3.63) is 58.4 Å². The topological polar surface area (TPSA) is 69.2 Å². The number of nitro benzene ring substituents is 1. The summed E-state index contributed by atoms with van der Waals surface area (Å²) in [5.74, 6) is -0.0500. The maximum atomic E-state index is 12.8. The summed E-state index contributed by atoms with van der Waals surface area (Å²) in [6.45, 7) is 0. The highest BCUT2D eigenvalue weighted by Crippen LogP contribution is 2.26. The summed E-state index contributed by atoms with van der Waals surface area (Å²) < 4.78 is 18.3. The first-order valence-corrected chi connectivity index (χ1v) is 5.44. The van der Waals surface area contributed by atoms with Crippen LogP contribution in [0, 0.1) is 15.9 Å². The summed E-state index contributed by atoms with van der Waals surface area (Å²) in [6, 6.07) is 9.86. The Hall–Kier alpha value is -2.76. The first kappa shape index (κ1) is 11.3. The summed E-state index contributed by atoms with van der Waals surface area (Å²) >= 11 is 0. The van der Waals surface area contributed by atoms with Gasteiger partial charge in [0.1, 0.15) is 11.3 Å². The fourth-order valence-electron chi connectivity index (χ4n) is 1.74. The van der Waals surface area contributed by atoms with Crippen molar-refractivity contribution in [3.8, 4) is 11.5 Å². The zero-order valence-corrected chi connectivity index (χ0v) is 9.54. The molecule has 19 heavy (non-hydrogen) atoms. The van der Waals surface area contributed by atoms with Gasteiger partial charge in [-0.1, -0.05) is 0 Å². The van der Waals surface area contributed by atoms with Crippen molar-refractivity contribution in [3.63, 3.8) is 0 Å². The number of hydrogen-bond donors (Lipinski definition) is 0. The number of benzene rings is 2. The molecule has 6 heteroatoms. The van der Waals surface area contributed by atoms with Crippen molar-refractivity contribution in [2.75, 3.05) is 0 Å². The number of non-ortho nitro benzene ring substituents is 1. The SMILES string of the molecule is O=[N+]([O-])c1ccc2nc(-c3ccc(F)cc3)oc2c1. The second kappa shape index (κ2) is 4.16. The zero-order valence-electron chi connectivity index (χ0n) is 9.54. The van der Waals surface area contributed by atoms with Gasteiger partial charge in [-0.25, -0.2) is 9.37 Å². The maximum absolute atomic E-state index is 12.8. The molecule has 0 N–H and O–H groups in total. The number of fused-ring (bicyclic) bond motifs is 1. The number of nitro groups is 1. The minimum atomic E-state index is -0.500. The van der Waals surface area contributed by atoms with Gasteiger partial charge in [0.2, 0.25) is 5.89 Å². The lowest BCUT2D eigenvalue weighted by Gasteiger charge is -1.93. The molecule has 3 rings (SSSR count). The summed E-state index contributed by atoms with van der Waals surface area (Å²) in [6.07, 6.45) is 0. The minimum absolute atomic E-state index is 0.0608. The number of nitrogens with zero attached hydrogens (tertiary/aromatic N) is 2. The summed E-state index contributed by atoms with van der Waals surface area (Å²) in [4.78, 5) is 14.4. The van der Waals surface area contributed by atoms with Crippen LogP contribution in [-0.4, -0.2) is 9.91 Å². The largest absolute Gasteiger partial charge is 0.436 e. The number of hydrogen-bond acceptors (Lipinski definition) is 4. The second-order valence-electron chi connectivity index (χ2n) is 3.94. The van der Waals surface area contributed by atoms with Gasteiger partial charge in [-0.05, 0) is 30.3 Å². The normalized spacial score (nSPS) is 10.8. The molecular formula is C13H7FN2O3. The lowest BCUT2D eigenvalue weighted by Crippen LogP contribution is -1.86. The van der Waals surface area contributed by atoms with Crippen LogP contribution < -0.4 is 0 Å². The molecule has 5 nitrogen and oxygen atoms in total. The monoisotopic (exact) mass is 258 g/mol. The van der Waals surface area contributed by atoms with Crippen molar-refractivity contribution in [2.24, 2.45) is 0 Å². The van der Waals surface area contributed by atoms with Gasteiger partial charge in [-0.3, -0.25) is 10.1 Å². The predicted octanol–water partition coefficient (Wildman–Crippen LogP) is 3.54. The fourth-order valence-corrected chi connectivity index (χ4v) is 1.74. The van der Waals surface area contributed by atoms with Gasteiger partial charge in [0.05, 0.1) is 11.0 Å². The third-order valence-electron chi connectivity index (χ3n) is 2.67. The van der Waals surface area contributed by atoms with E-state index in [0.717, 1.165) is 0 Å². The third kappa shape index (κ3) is 2.03. The van der Waals surface area contributed by atoms with E-state index in [1.54, 1.807) is 0 Å². The van der Waals surface area contributed by atoms with Gasteiger partial charge in [0, 0.05) is 11.6 Å². The highest BCUT2D eigenvalue weighted by atomic mass is 19.1. The highest BCUT2D eigenvalue weighted by Gasteiger charge is 2.12. The molecular weight excluding hydrogens is 251 g/mol. The van der Waals surface area contributed by atoms with E-state index in [4.69, 9.17) is 4.42 Å². The number of oxazole rings is 1. The Morgan fingerprint density at radius 2 is 1.89 bits per heavy atom.